The van der Waals surface area contributed by atoms with Crippen LogP contribution in [-0.4, -0.2) is 59.3 Å². The fourth-order valence-corrected chi connectivity index (χ4v) is 4.29. The van der Waals surface area contributed by atoms with Gasteiger partial charge in [0, 0.05) is 37.1 Å². The van der Waals surface area contributed by atoms with Gasteiger partial charge in [-0.3, -0.25) is 14.5 Å². The van der Waals surface area contributed by atoms with E-state index in [9.17, 15) is 9.59 Å². The van der Waals surface area contributed by atoms with Gasteiger partial charge in [0.05, 0.1) is 17.3 Å². The number of amides is 2. The van der Waals surface area contributed by atoms with E-state index in [-0.39, 0.29) is 18.4 Å². The van der Waals surface area contributed by atoms with Crippen molar-refractivity contribution in [3.8, 4) is 10.6 Å². The van der Waals surface area contributed by atoms with Crippen molar-refractivity contribution < 1.29 is 9.59 Å². The Morgan fingerprint density at radius 3 is 2.43 bits per heavy atom. The summed E-state index contributed by atoms with van der Waals surface area (Å²) in [6.45, 7) is 2.67. The number of carbonyl (C=O) groups is 2. The molecular formula is C22H21ClN4O2S. The highest BCUT2D eigenvalue weighted by Crippen LogP contribution is 2.24. The molecule has 2 heterocycles. The topological polar surface area (TPSA) is 65.5 Å². The van der Waals surface area contributed by atoms with Crippen molar-refractivity contribution in [2.24, 2.45) is 0 Å². The Kier molecular flexibility index (Phi) is 6.42. The average Bonchev–Trinajstić information content (AvgIpc) is 3.26. The third kappa shape index (κ3) is 4.87. The molecule has 0 aliphatic carbocycles. The number of piperazine rings is 1. The minimum absolute atomic E-state index is 0.0615. The summed E-state index contributed by atoms with van der Waals surface area (Å²) in [6, 6.07) is 17.0. The summed E-state index contributed by atoms with van der Waals surface area (Å²) in [5.41, 5.74) is 2.09. The van der Waals surface area contributed by atoms with Gasteiger partial charge in [0.2, 0.25) is 5.91 Å². The zero-order valence-electron chi connectivity index (χ0n) is 16.3. The second-order valence-corrected chi connectivity index (χ2v) is 8.27. The Hall–Kier alpha value is -2.74. The van der Waals surface area contributed by atoms with Crippen LogP contribution in [0.25, 0.3) is 10.6 Å². The van der Waals surface area contributed by atoms with E-state index < -0.39 is 0 Å². The average molecular weight is 441 g/mol. The highest BCUT2D eigenvalue weighted by molar-refractivity contribution is 7.13. The lowest BCUT2D eigenvalue weighted by atomic mass is 10.2. The van der Waals surface area contributed by atoms with Crippen LogP contribution < -0.4 is 5.32 Å². The number of anilines is 1. The van der Waals surface area contributed by atoms with Gasteiger partial charge in [0.15, 0.2) is 0 Å². The fraction of sp³-hybridized carbons (Fsp3) is 0.227. The van der Waals surface area contributed by atoms with Gasteiger partial charge in [-0.25, -0.2) is 4.98 Å². The molecule has 0 unspecified atom stereocenters. The molecule has 1 N–H and O–H groups in total. The van der Waals surface area contributed by atoms with Crippen LogP contribution in [0.1, 0.15) is 10.5 Å². The molecule has 0 saturated carbocycles. The lowest BCUT2D eigenvalue weighted by Crippen LogP contribution is -2.50. The predicted molar refractivity (Wildman–Crippen MR) is 120 cm³/mol. The van der Waals surface area contributed by atoms with Crippen molar-refractivity contribution in [1.82, 2.24) is 14.8 Å². The molecule has 154 valence electrons. The number of hydrogen-bond acceptors (Lipinski definition) is 5. The maximum atomic E-state index is 12.8. The Bertz CT molecular complexity index is 1030. The van der Waals surface area contributed by atoms with Gasteiger partial charge in [-0.15, -0.1) is 11.3 Å². The van der Waals surface area contributed by atoms with Crippen molar-refractivity contribution in [3.63, 3.8) is 0 Å². The predicted octanol–water partition coefficient (Wildman–Crippen LogP) is 3.86. The molecule has 1 fully saturated rings. The third-order valence-electron chi connectivity index (χ3n) is 4.92. The molecule has 1 aliphatic heterocycles. The molecule has 8 heteroatoms. The number of nitrogens with zero attached hydrogens (tertiary/aromatic N) is 3. The van der Waals surface area contributed by atoms with E-state index in [0.29, 0.717) is 42.6 Å². The molecule has 4 rings (SSSR count). The Labute approximate surface area is 184 Å². The number of halogens is 1. The van der Waals surface area contributed by atoms with Crippen molar-refractivity contribution in [2.45, 2.75) is 0 Å². The van der Waals surface area contributed by atoms with Gasteiger partial charge < -0.3 is 10.2 Å². The van der Waals surface area contributed by atoms with Crippen LogP contribution in [0.3, 0.4) is 0 Å². The number of benzene rings is 2. The lowest BCUT2D eigenvalue weighted by Gasteiger charge is -2.34. The number of rotatable bonds is 5. The molecule has 2 amide bonds. The molecule has 1 saturated heterocycles. The van der Waals surface area contributed by atoms with Crippen LogP contribution in [0.15, 0.2) is 60.0 Å². The summed E-state index contributed by atoms with van der Waals surface area (Å²) in [5, 5.41) is 6.00. The van der Waals surface area contributed by atoms with E-state index in [1.165, 1.54) is 11.3 Å². The van der Waals surface area contributed by atoms with Crippen LogP contribution in [0.4, 0.5) is 5.69 Å². The van der Waals surface area contributed by atoms with E-state index in [0.717, 1.165) is 10.6 Å². The molecule has 6 nitrogen and oxygen atoms in total. The SMILES string of the molecule is O=C(CN1CCN(C(=O)c2csc(-c3ccccc3)n2)CC1)Nc1ccccc1Cl. The van der Waals surface area contributed by atoms with Crippen LogP contribution in [-0.2, 0) is 4.79 Å². The minimum atomic E-state index is -0.116. The summed E-state index contributed by atoms with van der Waals surface area (Å²) in [6.07, 6.45) is 0. The normalized spacial score (nSPS) is 14.5. The van der Waals surface area contributed by atoms with Crippen LogP contribution >= 0.6 is 22.9 Å². The number of para-hydroxylation sites is 1. The Balaban J connectivity index is 1.29. The second kappa shape index (κ2) is 9.38. The number of hydrogen-bond donors (Lipinski definition) is 1. The molecule has 2 aromatic carbocycles. The zero-order chi connectivity index (χ0) is 20.9. The second-order valence-electron chi connectivity index (χ2n) is 7.00. The molecule has 0 spiro atoms. The van der Waals surface area contributed by atoms with Crippen molar-refractivity contribution in [2.75, 3.05) is 38.0 Å². The van der Waals surface area contributed by atoms with Gasteiger partial charge in [-0.05, 0) is 12.1 Å². The van der Waals surface area contributed by atoms with Gasteiger partial charge in [0.1, 0.15) is 10.7 Å². The molecule has 1 aliphatic rings. The van der Waals surface area contributed by atoms with E-state index in [1.54, 1.807) is 17.0 Å². The fourth-order valence-electron chi connectivity index (χ4n) is 3.31. The first-order chi connectivity index (χ1) is 14.6. The molecule has 0 radical (unpaired) electrons. The Morgan fingerprint density at radius 2 is 1.70 bits per heavy atom. The van der Waals surface area contributed by atoms with Crippen molar-refractivity contribution in [1.29, 1.82) is 0 Å². The van der Waals surface area contributed by atoms with E-state index >= 15 is 0 Å². The van der Waals surface area contributed by atoms with Crippen LogP contribution in [0, 0.1) is 0 Å². The molecular weight excluding hydrogens is 420 g/mol. The molecule has 0 atom stereocenters. The standard InChI is InChI=1S/C22H21ClN4O2S/c23-17-8-4-5-9-18(17)24-20(28)14-26-10-12-27(13-11-26)22(29)19-15-30-21(25-19)16-6-2-1-3-7-16/h1-9,15H,10-14H2,(H,24,28). The quantitative estimate of drug-likeness (QED) is 0.654. The largest absolute Gasteiger partial charge is 0.335 e. The molecule has 0 bridgehead atoms. The maximum absolute atomic E-state index is 12.8. The molecule has 1 aromatic heterocycles. The summed E-state index contributed by atoms with van der Waals surface area (Å²) >= 11 is 7.56. The highest BCUT2D eigenvalue weighted by atomic mass is 35.5. The summed E-state index contributed by atoms with van der Waals surface area (Å²) in [5.74, 6) is -0.177. The first kappa shape index (κ1) is 20.5. The maximum Gasteiger partial charge on any atom is 0.273 e. The number of thiazole rings is 1. The smallest absolute Gasteiger partial charge is 0.273 e. The summed E-state index contributed by atoms with van der Waals surface area (Å²) in [4.78, 5) is 33.5. The van der Waals surface area contributed by atoms with Crippen LogP contribution in [0.5, 0.6) is 0 Å². The summed E-state index contributed by atoms with van der Waals surface area (Å²) in [7, 11) is 0. The highest BCUT2D eigenvalue weighted by Gasteiger charge is 2.25. The van der Waals surface area contributed by atoms with E-state index in [1.807, 2.05) is 52.7 Å². The summed E-state index contributed by atoms with van der Waals surface area (Å²) < 4.78 is 0. The lowest BCUT2D eigenvalue weighted by molar-refractivity contribution is -0.117. The first-order valence-electron chi connectivity index (χ1n) is 9.67. The first-order valence-corrected chi connectivity index (χ1v) is 10.9. The minimum Gasteiger partial charge on any atom is -0.335 e. The van der Waals surface area contributed by atoms with Gasteiger partial charge in [-0.2, -0.15) is 0 Å². The number of nitrogens with one attached hydrogen (secondary N) is 1. The van der Waals surface area contributed by atoms with E-state index in [4.69, 9.17) is 11.6 Å². The molecule has 3 aromatic rings. The van der Waals surface area contributed by atoms with Gasteiger partial charge in [0.25, 0.3) is 5.91 Å². The van der Waals surface area contributed by atoms with Crippen molar-refractivity contribution in [3.05, 3.63) is 70.7 Å². The van der Waals surface area contributed by atoms with Crippen LogP contribution in [0.2, 0.25) is 5.02 Å². The van der Waals surface area contributed by atoms with E-state index in [2.05, 4.69) is 10.3 Å². The monoisotopic (exact) mass is 440 g/mol. The van der Waals surface area contributed by atoms with Crippen molar-refractivity contribution >= 4 is 40.4 Å². The number of aromatic nitrogens is 1. The zero-order valence-corrected chi connectivity index (χ0v) is 17.8. The Morgan fingerprint density at radius 1 is 1.00 bits per heavy atom. The number of carbonyl (C=O) groups excluding carboxylic acids is 2. The van der Waals surface area contributed by atoms with Gasteiger partial charge in [-0.1, -0.05) is 54.1 Å². The molecule has 30 heavy (non-hydrogen) atoms. The third-order valence-corrected chi connectivity index (χ3v) is 6.14. The van der Waals surface area contributed by atoms with Gasteiger partial charge >= 0.3 is 0 Å².